The lowest BCUT2D eigenvalue weighted by Crippen LogP contribution is -2.55. The van der Waals surface area contributed by atoms with Crippen LogP contribution in [0.25, 0.3) is 0 Å². The standard InChI is InChI=1S/C13H18F2O3/c14-11(15)12(17)18-6-13-3-7-1-8(4-13)10(16)9(2-7)5-13/h7-11,16H,1-6H2. The van der Waals surface area contributed by atoms with E-state index in [1.807, 2.05) is 0 Å². The van der Waals surface area contributed by atoms with E-state index in [1.54, 1.807) is 0 Å². The first-order valence-electron chi connectivity index (χ1n) is 6.62. The van der Waals surface area contributed by atoms with Crippen molar-refractivity contribution in [2.75, 3.05) is 6.61 Å². The van der Waals surface area contributed by atoms with Crippen LogP contribution in [0.3, 0.4) is 0 Å². The molecule has 4 rings (SSSR count). The zero-order chi connectivity index (χ0) is 12.9. The normalized spacial score (nSPS) is 45.6. The molecular formula is C13H18F2O3. The third-order valence-corrected chi connectivity index (χ3v) is 5.05. The van der Waals surface area contributed by atoms with Crippen molar-refractivity contribution in [2.45, 2.75) is 44.6 Å². The Morgan fingerprint density at radius 2 is 1.89 bits per heavy atom. The van der Waals surface area contributed by atoms with Crippen molar-refractivity contribution in [1.82, 2.24) is 0 Å². The van der Waals surface area contributed by atoms with Crippen LogP contribution in [-0.4, -0.2) is 30.2 Å². The van der Waals surface area contributed by atoms with Gasteiger partial charge < -0.3 is 9.84 Å². The van der Waals surface area contributed by atoms with E-state index in [1.165, 1.54) is 0 Å². The summed E-state index contributed by atoms with van der Waals surface area (Å²) in [5.41, 5.74) is -0.139. The summed E-state index contributed by atoms with van der Waals surface area (Å²) in [6, 6.07) is 0. The van der Waals surface area contributed by atoms with Gasteiger partial charge in [0.2, 0.25) is 0 Å². The number of hydrogen-bond acceptors (Lipinski definition) is 3. The Morgan fingerprint density at radius 3 is 2.44 bits per heavy atom. The van der Waals surface area contributed by atoms with E-state index in [0.717, 1.165) is 32.1 Å². The van der Waals surface area contributed by atoms with Crippen LogP contribution in [0.1, 0.15) is 32.1 Å². The number of alkyl halides is 2. The first-order valence-corrected chi connectivity index (χ1v) is 6.62. The number of esters is 1. The molecule has 0 heterocycles. The summed E-state index contributed by atoms with van der Waals surface area (Å²) in [6.45, 7) is 0.104. The lowest BCUT2D eigenvalue weighted by Gasteiger charge is -2.58. The van der Waals surface area contributed by atoms with Crippen molar-refractivity contribution in [2.24, 2.45) is 23.2 Å². The molecule has 2 unspecified atom stereocenters. The molecule has 0 aromatic rings. The minimum atomic E-state index is -3.04. The maximum absolute atomic E-state index is 12.1. The highest BCUT2D eigenvalue weighted by Crippen LogP contribution is 2.60. The zero-order valence-corrected chi connectivity index (χ0v) is 10.1. The molecule has 5 heteroatoms. The first kappa shape index (κ1) is 12.3. The van der Waals surface area contributed by atoms with E-state index in [9.17, 15) is 18.7 Å². The van der Waals surface area contributed by atoms with Gasteiger partial charge in [-0.25, -0.2) is 4.79 Å². The van der Waals surface area contributed by atoms with E-state index in [0.29, 0.717) is 5.92 Å². The molecule has 0 aromatic heterocycles. The SMILES string of the molecule is O=C(OCC12CC3CC(C1)C(O)C(C3)C2)C(F)F. The number of ether oxygens (including phenoxy) is 1. The largest absolute Gasteiger partial charge is 0.461 e. The van der Waals surface area contributed by atoms with Crippen LogP contribution in [-0.2, 0) is 9.53 Å². The van der Waals surface area contributed by atoms with Gasteiger partial charge in [0.1, 0.15) is 0 Å². The molecule has 0 spiro atoms. The van der Waals surface area contributed by atoms with Crippen LogP contribution in [0.2, 0.25) is 0 Å². The molecule has 4 aliphatic carbocycles. The Balaban J connectivity index is 1.67. The fourth-order valence-electron chi connectivity index (χ4n) is 4.63. The minimum Gasteiger partial charge on any atom is -0.461 e. The van der Waals surface area contributed by atoms with Crippen molar-refractivity contribution >= 4 is 5.97 Å². The quantitative estimate of drug-likeness (QED) is 0.789. The summed E-state index contributed by atoms with van der Waals surface area (Å²) in [5.74, 6) is -0.273. The lowest BCUT2D eigenvalue weighted by molar-refractivity contribution is -0.178. The third-order valence-electron chi connectivity index (χ3n) is 5.05. The number of carbonyl (C=O) groups excluding carboxylic acids is 1. The summed E-state index contributed by atoms with van der Waals surface area (Å²) in [4.78, 5) is 10.9. The summed E-state index contributed by atoms with van der Waals surface area (Å²) in [5, 5.41) is 10.1. The van der Waals surface area contributed by atoms with Gasteiger partial charge in [-0.05, 0) is 49.9 Å². The van der Waals surface area contributed by atoms with Gasteiger partial charge in [0.15, 0.2) is 0 Å². The number of carbonyl (C=O) groups is 1. The highest BCUT2D eigenvalue weighted by Gasteiger charge is 2.55. The average molecular weight is 260 g/mol. The molecule has 0 saturated heterocycles. The number of aliphatic hydroxyl groups is 1. The van der Waals surface area contributed by atoms with Crippen molar-refractivity contribution in [3.63, 3.8) is 0 Å². The highest BCUT2D eigenvalue weighted by atomic mass is 19.3. The van der Waals surface area contributed by atoms with Crippen molar-refractivity contribution in [1.29, 1.82) is 0 Å². The minimum absolute atomic E-state index is 0.104. The molecule has 0 aliphatic heterocycles. The summed E-state index contributed by atoms with van der Waals surface area (Å²) < 4.78 is 29.0. The van der Waals surface area contributed by atoms with E-state index in [2.05, 4.69) is 0 Å². The Hall–Kier alpha value is -0.710. The van der Waals surface area contributed by atoms with Crippen LogP contribution >= 0.6 is 0 Å². The predicted molar refractivity (Wildman–Crippen MR) is 59.0 cm³/mol. The maximum Gasteiger partial charge on any atom is 0.373 e. The smallest absolute Gasteiger partial charge is 0.373 e. The second-order valence-electron chi connectivity index (χ2n) is 6.37. The lowest BCUT2D eigenvalue weighted by atomic mass is 9.49. The van der Waals surface area contributed by atoms with Crippen molar-refractivity contribution in [3.05, 3.63) is 0 Å². The van der Waals surface area contributed by atoms with Crippen LogP contribution < -0.4 is 0 Å². The summed E-state index contributed by atoms with van der Waals surface area (Å²) in [6.07, 6.45) is 1.41. The Labute approximate surface area is 105 Å². The molecule has 102 valence electrons. The molecule has 2 atom stereocenters. The Morgan fingerprint density at radius 1 is 1.28 bits per heavy atom. The fraction of sp³-hybridized carbons (Fsp3) is 0.923. The number of aliphatic hydroxyl groups excluding tert-OH is 1. The molecule has 4 bridgehead atoms. The van der Waals surface area contributed by atoms with Gasteiger partial charge in [-0.1, -0.05) is 0 Å². The van der Waals surface area contributed by atoms with E-state index in [4.69, 9.17) is 4.74 Å². The maximum atomic E-state index is 12.1. The van der Waals surface area contributed by atoms with E-state index in [-0.39, 0.29) is 30.0 Å². The van der Waals surface area contributed by atoms with Crippen LogP contribution in [0.4, 0.5) is 8.78 Å². The molecule has 18 heavy (non-hydrogen) atoms. The molecular weight excluding hydrogens is 242 g/mol. The molecule has 0 radical (unpaired) electrons. The van der Waals surface area contributed by atoms with Gasteiger partial charge in [0.05, 0.1) is 12.7 Å². The van der Waals surface area contributed by atoms with Crippen LogP contribution in [0.5, 0.6) is 0 Å². The number of halogens is 2. The third kappa shape index (κ3) is 1.92. The van der Waals surface area contributed by atoms with Gasteiger partial charge in [-0.3, -0.25) is 0 Å². The fourth-order valence-corrected chi connectivity index (χ4v) is 4.63. The van der Waals surface area contributed by atoms with Gasteiger partial charge >= 0.3 is 12.4 Å². The Bertz CT molecular complexity index is 342. The topological polar surface area (TPSA) is 46.5 Å². The van der Waals surface area contributed by atoms with Gasteiger partial charge in [-0.2, -0.15) is 8.78 Å². The van der Waals surface area contributed by atoms with Gasteiger partial charge in [-0.15, -0.1) is 0 Å². The van der Waals surface area contributed by atoms with Crippen LogP contribution in [0, 0.1) is 23.2 Å². The summed E-state index contributed by atoms with van der Waals surface area (Å²) >= 11 is 0. The monoisotopic (exact) mass is 260 g/mol. The molecule has 4 saturated carbocycles. The van der Waals surface area contributed by atoms with Crippen molar-refractivity contribution in [3.8, 4) is 0 Å². The zero-order valence-electron chi connectivity index (χ0n) is 10.1. The van der Waals surface area contributed by atoms with Gasteiger partial charge in [0, 0.05) is 5.41 Å². The Kier molecular flexibility index (Phi) is 2.84. The van der Waals surface area contributed by atoms with Gasteiger partial charge in [0.25, 0.3) is 0 Å². The summed E-state index contributed by atoms with van der Waals surface area (Å²) in [7, 11) is 0. The molecule has 4 aliphatic rings. The predicted octanol–water partition coefficient (Wildman–Crippen LogP) is 1.98. The molecule has 4 fully saturated rings. The van der Waals surface area contributed by atoms with Crippen LogP contribution in [0.15, 0.2) is 0 Å². The molecule has 0 aromatic carbocycles. The molecule has 0 amide bonds. The van der Waals surface area contributed by atoms with Crippen molar-refractivity contribution < 1.29 is 23.4 Å². The second-order valence-corrected chi connectivity index (χ2v) is 6.37. The van der Waals surface area contributed by atoms with E-state index >= 15 is 0 Å². The number of rotatable bonds is 3. The first-order chi connectivity index (χ1) is 8.49. The highest BCUT2D eigenvalue weighted by molar-refractivity contribution is 5.72. The second kappa shape index (κ2) is 4.15. The van der Waals surface area contributed by atoms with E-state index < -0.39 is 12.4 Å². The average Bonchev–Trinajstić information content (AvgIpc) is 2.32. The molecule has 3 nitrogen and oxygen atoms in total. The number of hydrogen-bond donors (Lipinski definition) is 1. The molecule has 1 N–H and O–H groups in total.